The molecule has 132 valence electrons. The van der Waals surface area contributed by atoms with Gasteiger partial charge in [0.15, 0.2) is 0 Å². The molecule has 0 saturated carbocycles. The number of hydrogen-bond donors (Lipinski definition) is 1. The number of aromatic nitrogens is 3. The lowest BCUT2D eigenvalue weighted by molar-refractivity contribution is 0.102. The van der Waals surface area contributed by atoms with Crippen LogP contribution in [0.15, 0.2) is 48.8 Å². The van der Waals surface area contributed by atoms with Crippen LogP contribution in [0.4, 0.5) is 14.6 Å². The number of halogens is 2. The lowest BCUT2D eigenvalue weighted by atomic mass is 10.2. The van der Waals surface area contributed by atoms with Gasteiger partial charge in [-0.1, -0.05) is 13.0 Å². The molecule has 0 unspecified atom stereocenters. The van der Waals surface area contributed by atoms with E-state index < -0.39 is 17.7 Å². The zero-order valence-electron chi connectivity index (χ0n) is 13.7. The summed E-state index contributed by atoms with van der Waals surface area (Å²) >= 11 is 0. The SMILES string of the molecule is CCc1cc(Oc2cncc(F)c2)cc(C(=O)Nc2cccc(F)n2)n1. The number of nitrogens with zero attached hydrogens (tertiary/aromatic N) is 3. The van der Waals surface area contributed by atoms with Crippen molar-refractivity contribution in [2.75, 3.05) is 5.32 Å². The standard InChI is InChI=1S/C18H14F2N4O2/c1-2-12-7-13(26-14-6-11(19)9-21-10-14)8-15(22-12)18(25)24-17-5-3-4-16(20)23-17/h3-10H,2H2,1H3,(H,23,24,25). The first-order chi connectivity index (χ1) is 12.5. The van der Waals surface area contributed by atoms with Crippen LogP contribution in [0.1, 0.15) is 23.1 Å². The van der Waals surface area contributed by atoms with E-state index in [2.05, 4.69) is 20.3 Å². The van der Waals surface area contributed by atoms with E-state index in [4.69, 9.17) is 4.74 Å². The molecular weight excluding hydrogens is 342 g/mol. The molecule has 26 heavy (non-hydrogen) atoms. The van der Waals surface area contributed by atoms with Crippen LogP contribution < -0.4 is 10.1 Å². The van der Waals surface area contributed by atoms with Crippen LogP contribution in [-0.2, 0) is 6.42 Å². The van der Waals surface area contributed by atoms with Crippen LogP contribution in [0.25, 0.3) is 0 Å². The Balaban J connectivity index is 1.85. The molecule has 3 rings (SSSR count). The monoisotopic (exact) mass is 356 g/mol. The predicted octanol–water partition coefficient (Wildman–Crippen LogP) is 3.76. The van der Waals surface area contributed by atoms with Crippen molar-refractivity contribution in [1.82, 2.24) is 15.0 Å². The zero-order valence-corrected chi connectivity index (χ0v) is 13.7. The van der Waals surface area contributed by atoms with Gasteiger partial charge >= 0.3 is 0 Å². The fourth-order valence-corrected chi connectivity index (χ4v) is 2.16. The molecule has 0 aromatic carbocycles. The fourth-order valence-electron chi connectivity index (χ4n) is 2.16. The second-order valence-electron chi connectivity index (χ2n) is 5.27. The Morgan fingerprint density at radius 1 is 1.12 bits per heavy atom. The number of aryl methyl sites for hydroxylation is 1. The maximum Gasteiger partial charge on any atom is 0.275 e. The number of rotatable bonds is 5. The molecule has 0 fully saturated rings. The van der Waals surface area contributed by atoms with Gasteiger partial charge in [-0.05, 0) is 18.6 Å². The van der Waals surface area contributed by atoms with Crippen molar-refractivity contribution in [1.29, 1.82) is 0 Å². The molecule has 3 aromatic heterocycles. The average molecular weight is 356 g/mol. The lowest BCUT2D eigenvalue weighted by Gasteiger charge is -2.10. The van der Waals surface area contributed by atoms with Crippen LogP contribution >= 0.6 is 0 Å². The second kappa shape index (κ2) is 7.64. The van der Waals surface area contributed by atoms with Gasteiger partial charge in [-0.3, -0.25) is 9.78 Å². The van der Waals surface area contributed by atoms with Crippen molar-refractivity contribution in [3.05, 3.63) is 71.9 Å². The van der Waals surface area contributed by atoms with Gasteiger partial charge in [0.25, 0.3) is 5.91 Å². The van der Waals surface area contributed by atoms with Crippen molar-refractivity contribution in [2.24, 2.45) is 0 Å². The largest absolute Gasteiger partial charge is 0.455 e. The van der Waals surface area contributed by atoms with Crippen LogP contribution in [-0.4, -0.2) is 20.9 Å². The van der Waals surface area contributed by atoms with Gasteiger partial charge in [-0.25, -0.2) is 14.4 Å². The highest BCUT2D eigenvalue weighted by molar-refractivity contribution is 6.02. The zero-order chi connectivity index (χ0) is 18.5. The topological polar surface area (TPSA) is 77.0 Å². The van der Waals surface area contributed by atoms with Crippen LogP contribution in [0.5, 0.6) is 11.5 Å². The summed E-state index contributed by atoms with van der Waals surface area (Å²) in [5, 5.41) is 2.47. The Kier molecular flexibility index (Phi) is 5.12. The first-order valence-corrected chi connectivity index (χ1v) is 7.77. The molecule has 0 aliphatic carbocycles. The van der Waals surface area contributed by atoms with E-state index in [-0.39, 0.29) is 17.3 Å². The Hall–Kier alpha value is -3.42. The van der Waals surface area contributed by atoms with Gasteiger partial charge in [0, 0.05) is 23.9 Å². The number of ether oxygens (including phenoxy) is 1. The van der Waals surface area contributed by atoms with Gasteiger partial charge in [-0.2, -0.15) is 4.39 Å². The highest BCUT2D eigenvalue weighted by atomic mass is 19.1. The van der Waals surface area contributed by atoms with E-state index in [9.17, 15) is 13.6 Å². The smallest absolute Gasteiger partial charge is 0.275 e. The number of pyridine rings is 3. The number of nitrogens with one attached hydrogen (secondary N) is 1. The number of hydrogen-bond acceptors (Lipinski definition) is 5. The third-order valence-corrected chi connectivity index (χ3v) is 3.32. The van der Waals surface area contributed by atoms with Crippen molar-refractivity contribution in [3.8, 4) is 11.5 Å². The molecule has 8 heteroatoms. The summed E-state index contributed by atoms with van der Waals surface area (Å²) in [5.41, 5.74) is 0.666. The number of amides is 1. The molecule has 3 heterocycles. The highest BCUT2D eigenvalue weighted by Crippen LogP contribution is 2.23. The molecule has 1 amide bonds. The van der Waals surface area contributed by atoms with Crippen molar-refractivity contribution in [2.45, 2.75) is 13.3 Å². The molecule has 0 aliphatic rings. The van der Waals surface area contributed by atoms with Gasteiger partial charge in [-0.15, -0.1) is 0 Å². The molecular formula is C18H14F2N4O2. The summed E-state index contributed by atoms with van der Waals surface area (Å²) in [6, 6.07) is 8.28. The van der Waals surface area contributed by atoms with Crippen LogP contribution in [0, 0.1) is 11.8 Å². The molecule has 0 aliphatic heterocycles. The van der Waals surface area contributed by atoms with Gasteiger partial charge < -0.3 is 10.1 Å². The van der Waals surface area contributed by atoms with Gasteiger partial charge in [0.05, 0.1) is 12.4 Å². The molecule has 0 saturated heterocycles. The highest BCUT2D eigenvalue weighted by Gasteiger charge is 2.13. The summed E-state index contributed by atoms with van der Waals surface area (Å²) in [6.45, 7) is 1.87. The molecule has 0 bridgehead atoms. The van der Waals surface area contributed by atoms with E-state index in [0.717, 1.165) is 6.20 Å². The van der Waals surface area contributed by atoms with Gasteiger partial charge in [0.2, 0.25) is 5.95 Å². The molecule has 6 nitrogen and oxygen atoms in total. The first-order valence-electron chi connectivity index (χ1n) is 7.77. The minimum absolute atomic E-state index is 0.0646. The molecule has 3 aromatic rings. The van der Waals surface area contributed by atoms with E-state index in [1.54, 1.807) is 6.07 Å². The quantitative estimate of drug-likeness (QED) is 0.705. The summed E-state index contributed by atoms with van der Waals surface area (Å²) < 4.78 is 31.9. The van der Waals surface area contributed by atoms with Gasteiger partial charge in [0.1, 0.15) is 28.8 Å². The minimum atomic E-state index is -0.708. The first kappa shape index (κ1) is 17.4. The molecule has 0 spiro atoms. The molecule has 0 radical (unpaired) electrons. The fraction of sp³-hybridized carbons (Fsp3) is 0.111. The third kappa shape index (κ3) is 4.35. The summed E-state index contributed by atoms with van der Waals surface area (Å²) in [4.78, 5) is 23.9. The normalized spacial score (nSPS) is 10.4. The van der Waals surface area contributed by atoms with E-state index in [1.807, 2.05) is 6.92 Å². The minimum Gasteiger partial charge on any atom is -0.455 e. The lowest BCUT2D eigenvalue weighted by Crippen LogP contribution is -2.15. The number of anilines is 1. The maximum absolute atomic E-state index is 13.2. The van der Waals surface area contributed by atoms with E-state index >= 15 is 0 Å². The van der Waals surface area contributed by atoms with E-state index in [0.29, 0.717) is 17.9 Å². The van der Waals surface area contributed by atoms with Crippen LogP contribution in [0.3, 0.4) is 0 Å². The Bertz CT molecular complexity index is 950. The summed E-state index contributed by atoms with van der Waals surface area (Å²) in [5.74, 6) is -1.25. The number of carbonyl (C=O) groups excluding carboxylic acids is 1. The summed E-state index contributed by atoms with van der Waals surface area (Å²) in [7, 11) is 0. The summed E-state index contributed by atoms with van der Waals surface area (Å²) in [6.07, 6.45) is 2.96. The van der Waals surface area contributed by atoms with E-state index in [1.165, 1.54) is 36.5 Å². The average Bonchev–Trinajstić information content (AvgIpc) is 2.61. The maximum atomic E-state index is 13.2. The Morgan fingerprint density at radius 3 is 2.69 bits per heavy atom. The predicted molar refractivity (Wildman–Crippen MR) is 90.0 cm³/mol. The second-order valence-corrected chi connectivity index (χ2v) is 5.27. The molecule has 1 N–H and O–H groups in total. The van der Waals surface area contributed by atoms with Crippen molar-refractivity contribution < 1.29 is 18.3 Å². The Labute approximate surface area is 147 Å². The van der Waals surface area contributed by atoms with Crippen LogP contribution in [0.2, 0.25) is 0 Å². The number of carbonyl (C=O) groups is 1. The third-order valence-electron chi connectivity index (χ3n) is 3.32. The van der Waals surface area contributed by atoms with Crippen molar-refractivity contribution >= 4 is 11.7 Å². The Morgan fingerprint density at radius 2 is 1.96 bits per heavy atom. The van der Waals surface area contributed by atoms with Crippen molar-refractivity contribution in [3.63, 3.8) is 0 Å². The molecule has 0 atom stereocenters.